The van der Waals surface area contributed by atoms with Crippen LogP contribution in [0.2, 0.25) is 0 Å². The highest BCUT2D eigenvalue weighted by molar-refractivity contribution is 6.03. The van der Waals surface area contributed by atoms with Gasteiger partial charge in [-0.1, -0.05) is 17.9 Å². The maximum Gasteiger partial charge on any atom is 0.362 e. The second-order valence-corrected chi connectivity index (χ2v) is 9.35. The van der Waals surface area contributed by atoms with Gasteiger partial charge in [-0.05, 0) is 48.3 Å². The molecule has 0 saturated heterocycles. The summed E-state index contributed by atoms with van der Waals surface area (Å²) in [6.07, 6.45) is 6.63. The molecule has 6 aromatic rings. The van der Waals surface area contributed by atoms with Crippen LogP contribution in [0, 0.1) is 17.7 Å². The number of amides is 1. The number of aromatic nitrogens is 7. The second kappa shape index (κ2) is 10.0. The molecule has 1 unspecified atom stereocenters. The highest BCUT2D eigenvalue weighted by Crippen LogP contribution is 2.22. The minimum Gasteiger partial charge on any atom is -0.382 e. The molecule has 0 radical (unpaired) electrons. The topological polar surface area (TPSA) is 141 Å². The normalized spacial score (nSPS) is 11.8. The number of hydrogen-bond donors (Lipinski definition) is 3. The van der Waals surface area contributed by atoms with Gasteiger partial charge in [-0.2, -0.15) is 5.10 Å². The number of aryl methyl sites for hydroxylation is 1. The number of fused-ring (bicyclic) bond motifs is 2. The largest absolute Gasteiger partial charge is 0.382 e. The molecule has 202 valence electrons. The van der Waals surface area contributed by atoms with Gasteiger partial charge in [-0.15, -0.1) is 4.52 Å². The number of nitrogens with two attached hydrogens (primary N) is 1. The van der Waals surface area contributed by atoms with Crippen molar-refractivity contribution in [3.05, 3.63) is 112 Å². The van der Waals surface area contributed by atoms with Gasteiger partial charge in [0, 0.05) is 24.9 Å². The number of benzene rings is 2. The van der Waals surface area contributed by atoms with Gasteiger partial charge in [0.25, 0.3) is 11.5 Å². The van der Waals surface area contributed by atoms with E-state index in [0.29, 0.717) is 28.0 Å². The first-order valence-electron chi connectivity index (χ1n) is 12.6. The number of hydrogen-bond acceptors (Lipinski definition) is 6. The highest BCUT2D eigenvalue weighted by Gasteiger charge is 2.27. The van der Waals surface area contributed by atoms with Gasteiger partial charge in [0.1, 0.15) is 24.0 Å². The molecule has 1 amide bonds. The van der Waals surface area contributed by atoms with Gasteiger partial charge in [0.15, 0.2) is 11.4 Å². The Labute approximate surface area is 232 Å². The monoisotopic (exact) mass is 548 g/mol. The Balaban J connectivity index is 1.49. The molecule has 1 atom stereocenters. The van der Waals surface area contributed by atoms with Crippen molar-refractivity contribution in [1.29, 1.82) is 0 Å². The Kier molecular flexibility index (Phi) is 6.24. The van der Waals surface area contributed by atoms with Gasteiger partial charge in [-0.3, -0.25) is 18.8 Å². The number of carbonyl (C=O) groups excluding carboxylic acids is 1. The molecule has 0 aliphatic heterocycles. The lowest BCUT2D eigenvalue weighted by molar-refractivity contribution is -0.577. The third-order valence-corrected chi connectivity index (χ3v) is 6.50. The first-order valence-corrected chi connectivity index (χ1v) is 12.6. The summed E-state index contributed by atoms with van der Waals surface area (Å²) in [6.45, 7) is 1.70. The standard InChI is InChI=1S/C29H22FN9O2/c1-17(34-28(40)24-25(31)36-38-14-4-13-32-27(24)38)26-35-22-6-3-5-19(8-7-18-15-33-37(2)16-18)23(22)29(41)39(26)21-11-9-20(30)10-12-21/h3-6,9-17H,1-2H3,(H3,31,34,36,40)/p+1. The average molecular weight is 549 g/mol. The highest BCUT2D eigenvalue weighted by atomic mass is 19.1. The molecule has 12 heteroatoms. The van der Waals surface area contributed by atoms with Gasteiger partial charge >= 0.3 is 5.65 Å². The van der Waals surface area contributed by atoms with Crippen LogP contribution in [-0.2, 0) is 7.05 Å². The van der Waals surface area contributed by atoms with E-state index in [1.165, 1.54) is 33.3 Å². The molecule has 4 aromatic heterocycles. The Hall–Kier alpha value is -5.83. The van der Waals surface area contributed by atoms with Crippen LogP contribution in [0.1, 0.15) is 40.3 Å². The van der Waals surface area contributed by atoms with Crippen molar-refractivity contribution in [2.75, 3.05) is 5.73 Å². The van der Waals surface area contributed by atoms with Crippen LogP contribution >= 0.6 is 0 Å². The third-order valence-electron chi connectivity index (χ3n) is 6.50. The molecule has 2 aromatic carbocycles. The van der Waals surface area contributed by atoms with Crippen LogP contribution < -0.4 is 21.1 Å². The van der Waals surface area contributed by atoms with E-state index in [1.54, 1.807) is 67.7 Å². The zero-order valence-electron chi connectivity index (χ0n) is 22.0. The van der Waals surface area contributed by atoms with Crippen molar-refractivity contribution in [3.8, 4) is 17.5 Å². The number of rotatable bonds is 4. The van der Waals surface area contributed by atoms with Crippen LogP contribution in [-0.4, -0.2) is 35.3 Å². The minimum atomic E-state index is -0.771. The average Bonchev–Trinajstić information content (AvgIpc) is 3.53. The van der Waals surface area contributed by atoms with E-state index in [-0.39, 0.29) is 22.6 Å². The fourth-order valence-corrected chi connectivity index (χ4v) is 4.62. The Morgan fingerprint density at radius 3 is 2.73 bits per heavy atom. The predicted molar refractivity (Wildman–Crippen MR) is 149 cm³/mol. The van der Waals surface area contributed by atoms with Crippen LogP contribution in [0.3, 0.4) is 0 Å². The maximum absolute atomic E-state index is 14.1. The van der Waals surface area contributed by atoms with Crippen LogP contribution in [0.25, 0.3) is 22.2 Å². The van der Waals surface area contributed by atoms with E-state index < -0.39 is 23.3 Å². The molecule has 4 heterocycles. The summed E-state index contributed by atoms with van der Waals surface area (Å²) >= 11 is 0. The Morgan fingerprint density at radius 2 is 1.98 bits per heavy atom. The second-order valence-electron chi connectivity index (χ2n) is 9.35. The van der Waals surface area contributed by atoms with E-state index in [1.807, 2.05) is 0 Å². The molecule has 4 N–H and O–H groups in total. The number of nitrogens with one attached hydrogen (secondary N) is 2. The fraction of sp³-hybridized carbons (Fsp3) is 0.103. The Morgan fingerprint density at radius 1 is 1.17 bits per heavy atom. The van der Waals surface area contributed by atoms with Crippen molar-refractivity contribution in [2.24, 2.45) is 7.05 Å². The molecular weight excluding hydrogens is 525 g/mol. The molecule has 0 bridgehead atoms. The van der Waals surface area contributed by atoms with Crippen LogP contribution in [0.15, 0.2) is 78.1 Å². The van der Waals surface area contributed by atoms with E-state index in [0.717, 1.165) is 0 Å². The summed E-state index contributed by atoms with van der Waals surface area (Å²) in [5.41, 5.74) is 8.10. The third kappa shape index (κ3) is 4.65. The number of nitrogen functional groups attached to an aromatic ring is 1. The van der Waals surface area contributed by atoms with Crippen molar-refractivity contribution in [1.82, 2.24) is 34.7 Å². The van der Waals surface area contributed by atoms with Gasteiger partial charge in [-0.25, -0.2) is 14.5 Å². The first-order chi connectivity index (χ1) is 19.8. The van der Waals surface area contributed by atoms with E-state index in [9.17, 15) is 14.0 Å². The smallest absolute Gasteiger partial charge is 0.362 e. The summed E-state index contributed by atoms with van der Waals surface area (Å²) in [6, 6.07) is 11.6. The van der Waals surface area contributed by atoms with Gasteiger partial charge in [0.05, 0.1) is 34.4 Å². The summed E-state index contributed by atoms with van der Waals surface area (Å²) in [5, 5.41) is 10.2. The number of H-pyrrole nitrogens is 1. The summed E-state index contributed by atoms with van der Waals surface area (Å²) < 4.78 is 18.4. The zero-order chi connectivity index (χ0) is 28.7. The van der Waals surface area contributed by atoms with Gasteiger partial charge < -0.3 is 11.1 Å². The minimum absolute atomic E-state index is 0.132. The van der Waals surface area contributed by atoms with Crippen LogP contribution in [0.4, 0.5) is 10.2 Å². The molecule has 0 fully saturated rings. The summed E-state index contributed by atoms with van der Waals surface area (Å²) in [4.78, 5) is 36.5. The number of carbonyl (C=O) groups is 1. The SMILES string of the molecule is CC(NC(=O)c1c(N)[nH][n+]2cccnc12)c1nc2cccc(C#Cc3cnn(C)c3)c2c(=O)n1-c1ccc(F)cc1. The molecule has 0 saturated carbocycles. The molecule has 41 heavy (non-hydrogen) atoms. The lowest BCUT2D eigenvalue weighted by Crippen LogP contribution is -2.34. The molecular formula is C29H23FN9O2+. The number of anilines is 1. The van der Waals surface area contributed by atoms with Crippen molar-refractivity contribution < 1.29 is 13.7 Å². The van der Waals surface area contributed by atoms with Gasteiger partial charge in [0.2, 0.25) is 0 Å². The lowest BCUT2D eigenvalue weighted by Gasteiger charge is -2.20. The Bertz CT molecular complexity index is 2080. The molecule has 11 nitrogen and oxygen atoms in total. The van der Waals surface area contributed by atoms with Crippen molar-refractivity contribution in [3.63, 3.8) is 0 Å². The molecule has 0 aliphatic rings. The predicted octanol–water partition coefficient (Wildman–Crippen LogP) is 2.19. The zero-order valence-corrected chi connectivity index (χ0v) is 22.0. The fourth-order valence-electron chi connectivity index (χ4n) is 4.62. The molecule has 0 spiro atoms. The van der Waals surface area contributed by atoms with E-state index in [4.69, 9.17) is 10.7 Å². The first kappa shape index (κ1) is 25.4. The number of nitrogens with zero attached hydrogens (tertiary/aromatic N) is 6. The lowest BCUT2D eigenvalue weighted by atomic mass is 10.1. The summed E-state index contributed by atoms with van der Waals surface area (Å²) in [5.74, 6) is 5.48. The maximum atomic E-state index is 14.1. The van der Waals surface area contributed by atoms with Crippen molar-refractivity contribution in [2.45, 2.75) is 13.0 Å². The number of aromatic amines is 1. The van der Waals surface area contributed by atoms with Crippen LogP contribution in [0.5, 0.6) is 0 Å². The van der Waals surface area contributed by atoms with Crippen molar-refractivity contribution >= 4 is 28.3 Å². The molecule has 0 aliphatic carbocycles. The van der Waals surface area contributed by atoms with E-state index in [2.05, 4.69) is 32.3 Å². The van der Waals surface area contributed by atoms with E-state index >= 15 is 0 Å². The molecule has 6 rings (SSSR count). The number of halogens is 1. The quantitative estimate of drug-likeness (QED) is 0.228. The summed E-state index contributed by atoms with van der Waals surface area (Å²) in [7, 11) is 1.79.